The molecule has 0 saturated carbocycles. The van der Waals surface area contributed by atoms with Crippen LogP contribution in [0.2, 0.25) is 0 Å². The highest BCUT2D eigenvalue weighted by Crippen LogP contribution is 2.34. The second-order valence-corrected chi connectivity index (χ2v) is 5.01. The zero-order valence-electron chi connectivity index (χ0n) is 11.3. The van der Waals surface area contributed by atoms with Gasteiger partial charge in [0.2, 0.25) is 0 Å². The van der Waals surface area contributed by atoms with Crippen molar-refractivity contribution in [3.05, 3.63) is 23.4 Å². The number of ether oxygens (including phenoxy) is 1. The third kappa shape index (κ3) is 2.01. The first-order valence-corrected chi connectivity index (χ1v) is 6.83. The van der Waals surface area contributed by atoms with Crippen molar-refractivity contribution in [1.82, 2.24) is 9.80 Å². The van der Waals surface area contributed by atoms with E-state index in [1.54, 1.807) is 11.8 Å². The second kappa shape index (κ2) is 4.77. The molecule has 0 aromatic heterocycles. The van der Waals surface area contributed by atoms with Gasteiger partial charge in [-0.05, 0) is 19.8 Å². The van der Waals surface area contributed by atoms with Gasteiger partial charge in [-0.3, -0.25) is 19.3 Å². The minimum Gasteiger partial charge on any atom is -0.465 e. The normalized spacial score (nSPS) is 21.6. The predicted octanol–water partition coefficient (Wildman–Crippen LogP) is 0.207. The van der Waals surface area contributed by atoms with E-state index in [1.165, 1.54) is 4.90 Å². The molecule has 0 bridgehead atoms. The first-order valence-electron chi connectivity index (χ1n) is 6.83. The van der Waals surface area contributed by atoms with E-state index in [9.17, 15) is 14.4 Å². The van der Waals surface area contributed by atoms with Gasteiger partial charge in [0, 0.05) is 12.1 Å². The van der Waals surface area contributed by atoms with Crippen molar-refractivity contribution < 1.29 is 19.1 Å². The van der Waals surface area contributed by atoms with Gasteiger partial charge >= 0.3 is 5.97 Å². The topological polar surface area (TPSA) is 66.9 Å². The number of imide groups is 1. The molecule has 6 heteroatoms. The summed E-state index contributed by atoms with van der Waals surface area (Å²) in [5.74, 6) is -0.873. The maximum atomic E-state index is 12.4. The van der Waals surface area contributed by atoms with Crippen LogP contribution in [0.15, 0.2) is 23.4 Å². The standard InChI is InChI=1S/C14H16N2O4/c1-2-20-11(17)8-15-7-3-4-10-12(15)14(19)16(13(10)18)9-5-6-9/h5-6,9H,2-4,7-8H2,1H3. The van der Waals surface area contributed by atoms with E-state index in [4.69, 9.17) is 4.74 Å². The summed E-state index contributed by atoms with van der Waals surface area (Å²) in [7, 11) is 0. The largest absolute Gasteiger partial charge is 0.465 e. The lowest BCUT2D eigenvalue weighted by Crippen LogP contribution is -2.39. The molecular weight excluding hydrogens is 260 g/mol. The maximum absolute atomic E-state index is 12.4. The Kier molecular flexibility index (Phi) is 3.08. The van der Waals surface area contributed by atoms with Gasteiger partial charge in [0.25, 0.3) is 11.8 Å². The number of carbonyl (C=O) groups is 3. The van der Waals surface area contributed by atoms with E-state index in [2.05, 4.69) is 0 Å². The highest BCUT2D eigenvalue weighted by atomic mass is 16.5. The van der Waals surface area contributed by atoms with Gasteiger partial charge in [-0.1, -0.05) is 12.2 Å². The maximum Gasteiger partial charge on any atom is 0.325 e. The lowest BCUT2D eigenvalue weighted by molar-refractivity contribution is -0.144. The Hall–Kier alpha value is -2.11. The van der Waals surface area contributed by atoms with Crippen molar-refractivity contribution in [2.24, 2.45) is 0 Å². The molecule has 0 N–H and O–H groups in total. The Morgan fingerprint density at radius 1 is 1.35 bits per heavy atom. The molecule has 0 spiro atoms. The lowest BCUT2D eigenvalue weighted by atomic mass is 10.0. The number of rotatable bonds is 4. The number of hydrogen-bond acceptors (Lipinski definition) is 5. The minimum absolute atomic E-state index is 0.0254. The van der Waals surface area contributed by atoms with Gasteiger partial charge in [0.15, 0.2) is 0 Å². The van der Waals surface area contributed by atoms with Gasteiger partial charge in [0.05, 0.1) is 12.6 Å². The zero-order chi connectivity index (χ0) is 14.3. The highest BCUT2D eigenvalue weighted by Gasteiger charge is 2.46. The molecule has 2 amide bonds. The molecule has 2 aliphatic heterocycles. The van der Waals surface area contributed by atoms with E-state index in [-0.39, 0.29) is 30.4 Å². The van der Waals surface area contributed by atoms with Crippen molar-refractivity contribution in [3.8, 4) is 0 Å². The second-order valence-electron chi connectivity index (χ2n) is 5.01. The summed E-state index contributed by atoms with van der Waals surface area (Å²) >= 11 is 0. The summed E-state index contributed by atoms with van der Waals surface area (Å²) in [6.07, 6.45) is 4.99. The molecule has 0 aromatic rings. The summed E-state index contributed by atoms with van der Waals surface area (Å²) in [5.41, 5.74) is 0.933. The summed E-state index contributed by atoms with van der Waals surface area (Å²) in [5, 5.41) is 0. The van der Waals surface area contributed by atoms with Gasteiger partial charge in [0.1, 0.15) is 12.2 Å². The molecule has 20 heavy (non-hydrogen) atoms. The summed E-state index contributed by atoms with van der Waals surface area (Å²) in [4.78, 5) is 39.2. The van der Waals surface area contributed by atoms with Crippen molar-refractivity contribution >= 4 is 17.8 Å². The average molecular weight is 276 g/mol. The van der Waals surface area contributed by atoms with Gasteiger partial charge in [-0.15, -0.1) is 0 Å². The monoisotopic (exact) mass is 276 g/mol. The van der Waals surface area contributed by atoms with Crippen LogP contribution in [0.3, 0.4) is 0 Å². The Bertz CT molecular complexity index is 543. The van der Waals surface area contributed by atoms with E-state index >= 15 is 0 Å². The number of carbonyl (C=O) groups excluding carboxylic acids is 3. The van der Waals surface area contributed by atoms with Crippen molar-refractivity contribution in [2.45, 2.75) is 25.8 Å². The van der Waals surface area contributed by atoms with Crippen LogP contribution in [0.4, 0.5) is 0 Å². The van der Waals surface area contributed by atoms with E-state index in [1.807, 2.05) is 12.2 Å². The van der Waals surface area contributed by atoms with Gasteiger partial charge in [-0.2, -0.15) is 0 Å². The van der Waals surface area contributed by atoms with Crippen LogP contribution in [-0.4, -0.2) is 53.3 Å². The molecule has 2 heterocycles. The number of nitrogens with zero attached hydrogens (tertiary/aromatic N) is 2. The van der Waals surface area contributed by atoms with E-state index < -0.39 is 0 Å². The number of esters is 1. The van der Waals surface area contributed by atoms with Crippen LogP contribution in [0.5, 0.6) is 0 Å². The fourth-order valence-electron chi connectivity index (χ4n) is 2.71. The molecule has 106 valence electrons. The van der Waals surface area contributed by atoms with Crippen LogP contribution in [0, 0.1) is 0 Å². The van der Waals surface area contributed by atoms with E-state index in [0.717, 1.165) is 6.42 Å². The average Bonchev–Trinajstić information content (AvgIpc) is 3.19. The van der Waals surface area contributed by atoms with Crippen LogP contribution in [-0.2, 0) is 19.1 Å². The van der Waals surface area contributed by atoms with E-state index in [0.29, 0.717) is 30.8 Å². The Balaban J connectivity index is 1.81. The first-order chi connectivity index (χ1) is 9.63. The molecule has 3 rings (SSSR count). The van der Waals surface area contributed by atoms with Gasteiger partial charge < -0.3 is 9.64 Å². The Morgan fingerprint density at radius 2 is 2.10 bits per heavy atom. The van der Waals surface area contributed by atoms with Crippen molar-refractivity contribution in [2.75, 3.05) is 19.7 Å². The quantitative estimate of drug-likeness (QED) is 0.417. The molecule has 0 atom stereocenters. The molecule has 6 nitrogen and oxygen atoms in total. The van der Waals surface area contributed by atoms with Crippen molar-refractivity contribution in [3.63, 3.8) is 0 Å². The lowest BCUT2D eigenvalue weighted by Gasteiger charge is -2.27. The molecule has 0 radical (unpaired) electrons. The summed E-state index contributed by atoms with van der Waals surface area (Å²) < 4.78 is 4.92. The van der Waals surface area contributed by atoms with Crippen LogP contribution in [0.25, 0.3) is 0 Å². The first kappa shape index (κ1) is 12.9. The molecule has 0 fully saturated rings. The molecule has 0 saturated heterocycles. The fourth-order valence-corrected chi connectivity index (χ4v) is 2.71. The van der Waals surface area contributed by atoms with Crippen LogP contribution < -0.4 is 0 Å². The third-order valence-electron chi connectivity index (χ3n) is 3.64. The predicted molar refractivity (Wildman–Crippen MR) is 69.2 cm³/mol. The molecule has 1 aliphatic carbocycles. The van der Waals surface area contributed by atoms with Crippen molar-refractivity contribution in [1.29, 1.82) is 0 Å². The third-order valence-corrected chi connectivity index (χ3v) is 3.64. The van der Waals surface area contributed by atoms with Gasteiger partial charge in [-0.25, -0.2) is 0 Å². The smallest absolute Gasteiger partial charge is 0.325 e. The zero-order valence-corrected chi connectivity index (χ0v) is 11.3. The Labute approximate surface area is 116 Å². The van der Waals surface area contributed by atoms with Crippen LogP contribution >= 0.6 is 0 Å². The van der Waals surface area contributed by atoms with Crippen LogP contribution in [0.1, 0.15) is 19.8 Å². The minimum atomic E-state index is -0.371. The fraction of sp³-hybridized carbons (Fsp3) is 0.500. The Morgan fingerprint density at radius 3 is 2.75 bits per heavy atom. The highest BCUT2D eigenvalue weighted by molar-refractivity contribution is 6.20. The SMILES string of the molecule is CCOC(=O)CN1CCCC2=C1C(=O)N(C1C=C1)C2=O. The summed E-state index contributed by atoms with van der Waals surface area (Å²) in [6.45, 7) is 2.67. The molecular formula is C14H16N2O4. The summed E-state index contributed by atoms with van der Waals surface area (Å²) in [6, 6.07) is -0.176. The molecule has 0 aromatic carbocycles. The number of amides is 2. The number of hydrogen-bond donors (Lipinski definition) is 0. The molecule has 3 aliphatic rings. The molecule has 0 unspecified atom stereocenters.